The maximum Gasteiger partial charge on any atom is 0.344 e. The Balaban J connectivity index is 1.54. The number of nitro groups is 1. The number of nitro benzene ring substituents is 1. The van der Waals surface area contributed by atoms with Crippen LogP contribution in [0.4, 0.5) is 11.4 Å². The van der Waals surface area contributed by atoms with Gasteiger partial charge in [-0.1, -0.05) is 54.6 Å². The second-order valence-corrected chi connectivity index (χ2v) is 8.36. The zero-order chi connectivity index (χ0) is 25.7. The molecular formula is C27H16BrN3O5. The molecule has 8 nitrogen and oxygen atoms in total. The first-order valence-corrected chi connectivity index (χ1v) is 11.3. The minimum atomic E-state index is -0.797. The highest BCUT2D eigenvalue weighted by atomic mass is 79.9. The molecule has 4 aromatic carbocycles. The Bertz CT molecular complexity index is 1580. The van der Waals surface area contributed by atoms with Crippen molar-refractivity contribution in [2.24, 2.45) is 0 Å². The van der Waals surface area contributed by atoms with Crippen molar-refractivity contribution in [1.29, 1.82) is 5.26 Å². The largest absolute Gasteiger partial charge is 0.422 e. The van der Waals surface area contributed by atoms with E-state index in [1.807, 2.05) is 30.3 Å². The maximum absolute atomic E-state index is 12.8. The number of nitrogens with one attached hydrogen (secondary N) is 1. The third kappa shape index (κ3) is 5.29. The lowest BCUT2D eigenvalue weighted by Crippen LogP contribution is -2.14. The number of anilines is 1. The van der Waals surface area contributed by atoms with Crippen molar-refractivity contribution in [1.82, 2.24) is 0 Å². The number of carbonyl (C=O) groups excluding carboxylic acids is 2. The zero-order valence-electron chi connectivity index (χ0n) is 18.5. The minimum Gasteiger partial charge on any atom is -0.422 e. The number of nitriles is 1. The fourth-order valence-electron chi connectivity index (χ4n) is 3.49. The molecule has 0 heterocycles. The highest BCUT2D eigenvalue weighted by Gasteiger charge is 2.18. The van der Waals surface area contributed by atoms with Gasteiger partial charge in [-0.15, -0.1) is 0 Å². The highest BCUT2D eigenvalue weighted by Crippen LogP contribution is 2.29. The third-order valence-corrected chi connectivity index (χ3v) is 5.81. The second kappa shape index (κ2) is 10.6. The Morgan fingerprint density at radius 1 is 1.00 bits per heavy atom. The lowest BCUT2D eigenvalue weighted by atomic mass is 10.0. The third-order valence-electron chi connectivity index (χ3n) is 5.19. The van der Waals surface area contributed by atoms with Crippen LogP contribution in [0.1, 0.15) is 15.9 Å². The Kier molecular flexibility index (Phi) is 7.18. The van der Waals surface area contributed by atoms with Gasteiger partial charge in [0, 0.05) is 6.07 Å². The molecule has 9 heteroatoms. The topological polar surface area (TPSA) is 122 Å². The fourth-order valence-corrected chi connectivity index (χ4v) is 3.97. The van der Waals surface area contributed by atoms with Gasteiger partial charge in [-0.2, -0.15) is 5.26 Å². The summed E-state index contributed by atoms with van der Waals surface area (Å²) in [5.41, 5.74) is 0.317. The van der Waals surface area contributed by atoms with Crippen LogP contribution in [0.3, 0.4) is 0 Å². The molecule has 0 bridgehead atoms. The number of rotatable bonds is 6. The Hall–Kier alpha value is -4.81. The Morgan fingerprint density at radius 3 is 2.47 bits per heavy atom. The molecule has 0 aliphatic heterocycles. The summed E-state index contributed by atoms with van der Waals surface area (Å²) in [5, 5.41) is 24.7. The highest BCUT2D eigenvalue weighted by molar-refractivity contribution is 9.10. The Morgan fingerprint density at radius 2 is 1.72 bits per heavy atom. The monoisotopic (exact) mass is 541 g/mol. The summed E-state index contributed by atoms with van der Waals surface area (Å²) in [7, 11) is 0. The molecule has 0 spiro atoms. The van der Waals surface area contributed by atoms with Gasteiger partial charge in [0.15, 0.2) is 0 Å². The number of fused-ring (bicyclic) bond motifs is 1. The molecule has 0 aromatic heterocycles. The molecule has 1 N–H and O–H groups in total. The first-order valence-electron chi connectivity index (χ1n) is 10.5. The van der Waals surface area contributed by atoms with Crippen LogP contribution in [0.15, 0.2) is 95.0 Å². The lowest BCUT2D eigenvalue weighted by molar-refractivity contribution is -0.383. The number of amides is 1. The normalized spacial score (nSPS) is 10.9. The first kappa shape index (κ1) is 24.3. The van der Waals surface area contributed by atoms with Crippen LogP contribution >= 0.6 is 15.9 Å². The molecule has 36 heavy (non-hydrogen) atoms. The van der Waals surface area contributed by atoms with Crippen molar-refractivity contribution >= 4 is 56.0 Å². The molecule has 0 saturated carbocycles. The van der Waals surface area contributed by atoms with Crippen molar-refractivity contribution in [2.75, 3.05) is 5.32 Å². The molecule has 0 atom stereocenters. The summed E-state index contributed by atoms with van der Waals surface area (Å²) in [6.07, 6.45) is 1.32. The average Bonchev–Trinajstić information content (AvgIpc) is 2.88. The van der Waals surface area contributed by atoms with E-state index < -0.39 is 16.8 Å². The quantitative estimate of drug-likeness (QED) is 0.0765. The summed E-state index contributed by atoms with van der Waals surface area (Å²) >= 11 is 3.36. The van der Waals surface area contributed by atoms with Crippen molar-refractivity contribution < 1.29 is 19.2 Å². The average molecular weight is 542 g/mol. The summed E-state index contributed by atoms with van der Waals surface area (Å²) in [4.78, 5) is 36.0. The zero-order valence-corrected chi connectivity index (χ0v) is 20.1. The van der Waals surface area contributed by atoms with E-state index in [4.69, 9.17) is 4.74 Å². The van der Waals surface area contributed by atoms with Gasteiger partial charge in [0.2, 0.25) is 0 Å². The van der Waals surface area contributed by atoms with Gasteiger partial charge in [0.1, 0.15) is 23.1 Å². The number of carbonyl (C=O) groups is 2. The molecule has 4 rings (SSSR count). The van der Waals surface area contributed by atoms with E-state index in [2.05, 4.69) is 21.2 Å². The summed E-state index contributed by atoms with van der Waals surface area (Å²) in [6.45, 7) is 0. The molecule has 1 amide bonds. The van der Waals surface area contributed by atoms with Gasteiger partial charge in [-0.3, -0.25) is 14.9 Å². The summed E-state index contributed by atoms with van der Waals surface area (Å²) in [5.74, 6) is -1.07. The molecule has 0 fully saturated rings. The molecular weight excluding hydrogens is 526 g/mol. The van der Waals surface area contributed by atoms with Crippen molar-refractivity contribution in [3.05, 3.63) is 116 Å². The number of para-hydroxylation sites is 2. The van der Waals surface area contributed by atoms with E-state index >= 15 is 0 Å². The van der Waals surface area contributed by atoms with E-state index in [0.717, 1.165) is 10.8 Å². The predicted octanol–water partition coefficient (Wildman–Crippen LogP) is 6.28. The first-order chi connectivity index (χ1) is 17.4. The molecule has 0 aliphatic rings. The minimum absolute atomic E-state index is 0.0227. The predicted molar refractivity (Wildman–Crippen MR) is 138 cm³/mol. The number of esters is 1. The van der Waals surface area contributed by atoms with E-state index in [0.29, 0.717) is 15.6 Å². The van der Waals surface area contributed by atoms with Crippen LogP contribution in [0.2, 0.25) is 0 Å². The fraction of sp³-hybridized carbons (Fsp3) is 0. The molecule has 0 unspecified atom stereocenters. The number of hydrogen-bond acceptors (Lipinski definition) is 6. The maximum atomic E-state index is 12.8. The van der Waals surface area contributed by atoms with Gasteiger partial charge in [0.25, 0.3) is 11.6 Å². The molecule has 0 radical (unpaired) electrons. The van der Waals surface area contributed by atoms with Gasteiger partial charge in [0.05, 0.1) is 15.0 Å². The summed E-state index contributed by atoms with van der Waals surface area (Å²) in [6, 6.07) is 25.0. The van der Waals surface area contributed by atoms with Gasteiger partial charge in [-0.05, 0) is 62.6 Å². The Labute approximate surface area is 213 Å². The van der Waals surface area contributed by atoms with Crippen LogP contribution in [0.25, 0.3) is 16.8 Å². The molecule has 0 aliphatic carbocycles. The number of halogens is 1. The van der Waals surface area contributed by atoms with Gasteiger partial charge < -0.3 is 10.1 Å². The van der Waals surface area contributed by atoms with Crippen molar-refractivity contribution in [2.45, 2.75) is 0 Å². The van der Waals surface area contributed by atoms with Crippen LogP contribution in [0, 0.1) is 21.4 Å². The van der Waals surface area contributed by atoms with Crippen LogP contribution in [-0.2, 0) is 4.79 Å². The van der Waals surface area contributed by atoms with Gasteiger partial charge in [-0.25, -0.2) is 4.79 Å². The van der Waals surface area contributed by atoms with Crippen LogP contribution in [-0.4, -0.2) is 16.8 Å². The molecule has 0 saturated heterocycles. The summed E-state index contributed by atoms with van der Waals surface area (Å²) < 4.78 is 6.00. The van der Waals surface area contributed by atoms with E-state index in [1.165, 1.54) is 36.4 Å². The van der Waals surface area contributed by atoms with E-state index in [1.54, 1.807) is 30.3 Å². The van der Waals surface area contributed by atoms with Crippen molar-refractivity contribution in [3.8, 4) is 11.8 Å². The molecule has 4 aromatic rings. The molecule has 176 valence electrons. The number of ether oxygens (including phenoxy) is 1. The number of benzene rings is 4. The second-order valence-electron chi connectivity index (χ2n) is 7.50. The lowest BCUT2D eigenvalue weighted by Gasteiger charge is -2.09. The smallest absolute Gasteiger partial charge is 0.344 e. The SMILES string of the molecule is N#C/C(=C/c1ccc(OC(=O)c2cccc3ccccc23)c(Br)c1)C(=O)Nc1ccccc1[N+](=O)[O-]. The number of hydrogen-bond donors (Lipinski definition) is 1. The van der Waals surface area contributed by atoms with Crippen LogP contribution in [0.5, 0.6) is 5.75 Å². The van der Waals surface area contributed by atoms with Gasteiger partial charge >= 0.3 is 5.97 Å². The number of nitrogens with zero attached hydrogens (tertiary/aromatic N) is 2. The van der Waals surface area contributed by atoms with Crippen LogP contribution < -0.4 is 10.1 Å². The standard InChI is InChI=1S/C27H16BrN3O5/c28-22-15-17(14-19(16-29)26(32)30-23-10-3-4-11-24(23)31(34)35)12-13-25(22)36-27(33)21-9-5-7-18-6-1-2-8-20(18)21/h1-15H,(H,30,32)/b19-14-. The van der Waals surface area contributed by atoms with Crippen molar-refractivity contribution in [3.63, 3.8) is 0 Å². The van der Waals surface area contributed by atoms with E-state index in [-0.39, 0.29) is 22.7 Å². The van der Waals surface area contributed by atoms with E-state index in [9.17, 15) is 25.0 Å².